The Bertz CT molecular complexity index is 605. The van der Waals surface area contributed by atoms with Gasteiger partial charge in [-0.25, -0.2) is 8.78 Å². The van der Waals surface area contributed by atoms with Gasteiger partial charge >= 0.3 is 0 Å². The molecule has 100 valence electrons. The Balaban J connectivity index is 2.35. The summed E-state index contributed by atoms with van der Waals surface area (Å²) >= 11 is 11.6. The molecule has 2 N–H and O–H groups in total. The molecule has 0 atom stereocenters. The van der Waals surface area contributed by atoms with Gasteiger partial charge in [0.25, 0.3) is 6.43 Å². The minimum atomic E-state index is -2.68. The largest absolute Gasteiger partial charge is 0.457 e. The summed E-state index contributed by atoms with van der Waals surface area (Å²) in [6.45, 7) is 0. The second kappa shape index (κ2) is 5.63. The third-order valence-electron chi connectivity index (χ3n) is 2.39. The van der Waals surface area contributed by atoms with Crippen LogP contribution in [0.2, 0.25) is 10.0 Å². The van der Waals surface area contributed by atoms with Crippen LogP contribution >= 0.6 is 23.2 Å². The first kappa shape index (κ1) is 13.9. The first-order valence-corrected chi connectivity index (χ1v) is 6.03. The lowest BCUT2D eigenvalue weighted by atomic mass is 10.2. The first-order valence-electron chi connectivity index (χ1n) is 5.28. The molecule has 19 heavy (non-hydrogen) atoms. The minimum Gasteiger partial charge on any atom is -0.457 e. The molecular formula is C13H9Cl2F2NO. The van der Waals surface area contributed by atoms with Gasteiger partial charge in [0.15, 0.2) is 0 Å². The smallest absolute Gasteiger partial charge is 0.267 e. The van der Waals surface area contributed by atoms with Gasteiger partial charge < -0.3 is 10.5 Å². The molecule has 6 heteroatoms. The average Bonchev–Trinajstić information content (AvgIpc) is 2.36. The number of alkyl halides is 2. The second-order valence-corrected chi connectivity index (χ2v) is 4.59. The summed E-state index contributed by atoms with van der Waals surface area (Å²) in [6, 6.07) is 8.57. The van der Waals surface area contributed by atoms with Crippen molar-refractivity contribution < 1.29 is 13.5 Å². The molecule has 0 aromatic heterocycles. The highest BCUT2D eigenvalue weighted by molar-refractivity contribution is 6.42. The van der Waals surface area contributed by atoms with Crippen LogP contribution in [-0.4, -0.2) is 0 Å². The zero-order chi connectivity index (χ0) is 14.0. The summed E-state index contributed by atoms with van der Waals surface area (Å²) in [5.41, 5.74) is 5.45. The van der Waals surface area contributed by atoms with E-state index in [2.05, 4.69) is 0 Å². The molecule has 0 saturated heterocycles. The molecule has 0 spiro atoms. The number of nitrogen functional groups attached to an aromatic ring is 1. The third-order valence-corrected chi connectivity index (χ3v) is 3.13. The Morgan fingerprint density at radius 3 is 2.37 bits per heavy atom. The fraction of sp³-hybridized carbons (Fsp3) is 0.0769. The van der Waals surface area contributed by atoms with Gasteiger partial charge in [-0.2, -0.15) is 0 Å². The molecule has 0 aliphatic carbocycles. The topological polar surface area (TPSA) is 35.2 Å². The maximum atomic E-state index is 12.9. The van der Waals surface area contributed by atoms with Crippen LogP contribution in [-0.2, 0) is 0 Å². The van der Waals surface area contributed by atoms with E-state index in [1.165, 1.54) is 30.3 Å². The lowest BCUT2D eigenvalue weighted by Crippen LogP contribution is -1.95. The third kappa shape index (κ3) is 3.28. The van der Waals surface area contributed by atoms with Crippen LogP contribution in [0, 0.1) is 0 Å². The molecule has 2 aromatic rings. The van der Waals surface area contributed by atoms with E-state index in [-0.39, 0.29) is 22.0 Å². The highest BCUT2D eigenvalue weighted by Gasteiger charge is 2.15. The van der Waals surface area contributed by atoms with Crippen molar-refractivity contribution in [3.8, 4) is 11.5 Å². The van der Waals surface area contributed by atoms with Gasteiger partial charge in [-0.1, -0.05) is 23.2 Å². The van der Waals surface area contributed by atoms with Gasteiger partial charge in [0, 0.05) is 11.8 Å². The SMILES string of the molecule is Nc1ccc(Oc2ccc(Cl)c(Cl)c2)c(C(F)F)c1. The molecule has 0 aliphatic heterocycles. The number of hydrogen-bond acceptors (Lipinski definition) is 2. The summed E-state index contributed by atoms with van der Waals surface area (Å²) in [5, 5.41) is 0.647. The number of ether oxygens (including phenoxy) is 1. The van der Waals surface area contributed by atoms with E-state index in [1.54, 1.807) is 6.07 Å². The van der Waals surface area contributed by atoms with Crippen LogP contribution in [0.1, 0.15) is 12.0 Å². The maximum absolute atomic E-state index is 12.9. The molecule has 0 amide bonds. The summed E-state index contributed by atoms with van der Waals surface area (Å²) in [4.78, 5) is 0. The van der Waals surface area contributed by atoms with Crippen LogP contribution in [0.15, 0.2) is 36.4 Å². The molecule has 0 heterocycles. The maximum Gasteiger partial charge on any atom is 0.267 e. The zero-order valence-electron chi connectivity index (χ0n) is 9.54. The van der Waals surface area contributed by atoms with E-state index in [1.807, 2.05) is 0 Å². The van der Waals surface area contributed by atoms with Crippen LogP contribution in [0.4, 0.5) is 14.5 Å². The fourth-order valence-electron chi connectivity index (χ4n) is 1.50. The van der Waals surface area contributed by atoms with Crippen LogP contribution in [0.5, 0.6) is 11.5 Å². The van der Waals surface area contributed by atoms with Gasteiger partial charge in [-0.15, -0.1) is 0 Å². The number of halogens is 4. The Hall–Kier alpha value is -1.52. The minimum absolute atomic E-state index is 0.0302. The molecule has 0 radical (unpaired) electrons. The number of nitrogens with two attached hydrogens (primary N) is 1. The summed E-state index contributed by atoms with van der Waals surface area (Å²) in [7, 11) is 0. The lowest BCUT2D eigenvalue weighted by Gasteiger charge is -2.11. The van der Waals surface area contributed by atoms with Crippen molar-refractivity contribution in [1.82, 2.24) is 0 Å². The number of rotatable bonds is 3. The Labute approximate surface area is 118 Å². The van der Waals surface area contributed by atoms with Gasteiger partial charge in [-0.3, -0.25) is 0 Å². The molecule has 0 saturated carbocycles. The highest BCUT2D eigenvalue weighted by Crippen LogP contribution is 2.35. The van der Waals surface area contributed by atoms with Crippen molar-refractivity contribution in [2.45, 2.75) is 6.43 Å². The monoisotopic (exact) mass is 303 g/mol. The van der Waals surface area contributed by atoms with Crippen LogP contribution in [0.25, 0.3) is 0 Å². The normalized spacial score (nSPS) is 10.8. The summed E-state index contributed by atoms with van der Waals surface area (Å²) < 4.78 is 31.1. The molecule has 0 fully saturated rings. The van der Waals surface area contributed by atoms with Crippen molar-refractivity contribution in [1.29, 1.82) is 0 Å². The Kier molecular flexibility index (Phi) is 4.12. The van der Waals surface area contributed by atoms with E-state index >= 15 is 0 Å². The van der Waals surface area contributed by atoms with Gasteiger partial charge in [0.1, 0.15) is 11.5 Å². The fourth-order valence-corrected chi connectivity index (χ4v) is 1.79. The summed E-state index contributed by atoms with van der Waals surface area (Å²) in [6.07, 6.45) is -2.68. The van der Waals surface area contributed by atoms with Crippen molar-refractivity contribution in [2.24, 2.45) is 0 Å². The number of hydrogen-bond donors (Lipinski definition) is 1. The van der Waals surface area contributed by atoms with Crippen molar-refractivity contribution in [3.63, 3.8) is 0 Å². The Morgan fingerprint density at radius 2 is 1.74 bits per heavy atom. The second-order valence-electron chi connectivity index (χ2n) is 3.78. The van der Waals surface area contributed by atoms with Crippen LogP contribution < -0.4 is 10.5 Å². The molecule has 2 aromatic carbocycles. The van der Waals surface area contributed by atoms with E-state index in [0.717, 1.165) is 0 Å². The number of benzene rings is 2. The van der Waals surface area contributed by atoms with Crippen molar-refractivity contribution >= 4 is 28.9 Å². The van der Waals surface area contributed by atoms with E-state index < -0.39 is 6.43 Å². The van der Waals surface area contributed by atoms with Crippen molar-refractivity contribution in [3.05, 3.63) is 52.0 Å². The molecule has 0 unspecified atom stereocenters. The molecule has 0 aliphatic rings. The summed E-state index contributed by atoms with van der Waals surface area (Å²) in [5.74, 6) is 0.351. The van der Waals surface area contributed by atoms with Crippen LogP contribution in [0.3, 0.4) is 0 Å². The van der Waals surface area contributed by atoms with Gasteiger partial charge in [-0.05, 0) is 30.3 Å². The first-order chi connectivity index (χ1) is 8.97. The average molecular weight is 304 g/mol. The Morgan fingerprint density at radius 1 is 1.00 bits per heavy atom. The van der Waals surface area contributed by atoms with Gasteiger partial charge in [0.2, 0.25) is 0 Å². The predicted octanol–water partition coefficient (Wildman–Crippen LogP) is 5.31. The lowest BCUT2D eigenvalue weighted by molar-refractivity contribution is 0.148. The molecular weight excluding hydrogens is 295 g/mol. The standard InChI is InChI=1S/C13H9Cl2F2NO/c14-10-3-2-8(6-11(10)15)19-12-4-1-7(18)5-9(12)13(16)17/h1-6,13H,18H2. The molecule has 2 rings (SSSR count). The van der Waals surface area contributed by atoms with Gasteiger partial charge in [0.05, 0.1) is 15.6 Å². The number of anilines is 1. The highest BCUT2D eigenvalue weighted by atomic mass is 35.5. The zero-order valence-corrected chi connectivity index (χ0v) is 11.1. The van der Waals surface area contributed by atoms with E-state index in [4.69, 9.17) is 33.7 Å². The van der Waals surface area contributed by atoms with E-state index in [0.29, 0.717) is 10.8 Å². The molecule has 0 bridgehead atoms. The van der Waals surface area contributed by atoms with E-state index in [9.17, 15) is 8.78 Å². The quantitative estimate of drug-likeness (QED) is 0.780. The van der Waals surface area contributed by atoms with Crippen molar-refractivity contribution in [2.75, 3.05) is 5.73 Å². The molecule has 2 nitrogen and oxygen atoms in total. The predicted molar refractivity (Wildman–Crippen MR) is 72.3 cm³/mol.